The van der Waals surface area contributed by atoms with Crippen LogP contribution in [-0.2, 0) is 6.42 Å². The fourth-order valence-corrected chi connectivity index (χ4v) is 3.44. The van der Waals surface area contributed by atoms with Crippen molar-refractivity contribution in [2.45, 2.75) is 25.8 Å². The van der Waals surface area contributed by atoms with Crippen molar-refractivity contribution in [3.63, 3.8) is 0 Å². The molecule has 2 aromatic carbocycles. The second-order valence-corrected chi connectivity index (χ2v) is 6.19. The molecule has 1 N–H and O–H groups in total. The van der Waals surface area contributed by atoms with Gasteiger partial charge in [0.1, 0.15) is 5.82 Å². The summed E-state index contributed by atoms with van der Waals surface area (Å²) in [6, 6.07) is 14.5. The van der Waals surface area contributed by atoms with E-state index in [1.54, 1.807) is 6.07 Å². The Kier molecular flexibility index (Phi) is 3.53. The van der Waals surface area contributed by atoms with Crippen molar-refractivity contribution in [1.82, 2.24) is 10.3 Å². The molecule has 3 nitrogen and oxygen atoms in total. The minimum atomic E-state index is -0.187. The molecule has 4 rings (SSSR count). The Balaban J connectivity index is 1.64. The normalized spacial score (nSPS) is 16.2. The lowest BCUT2D eigenvalue weighted by molar-refractivity contribution is 0.0936. The lowest BCUT2D eigenvalue weighted by Crippen LogP contribution is -2.28. The van der Waals surface area contributed by atoms with Crippen molar-refractivity contribution in [1.29, 1.82) is 0 Å². The second-order valence-electron chi connectivity index (χ2n) is 6.19. The van der Waals surface area contributed by atoms with Crippen molar-refractivity contribution < 1.29 is 9.18 Å². The molecule has 1 aliphatic rings. The first-order chi connectivity index (χ1) is 11.6. The molecular formula is C20H17FN2O. The number of aryl methyl sites for hydroxylation is 1. The van der Waals surface area contributed by atoms with Crippen molar-refractivity contribution in [2.24, 2.45) is 0 Å². The molecule has 1 atom stereocenters. The van der Waals surface area contributed by atoms with Crippen LogP contribution in [0.3, 0.4) is 0 Å². The molecule has 0 saturated carbocycles. The molecule has 1 amide bonds. The molecule has 24 heavy (non-hydrogen) atoms. The topological polar surface area (TPSA) is 42.0 Å². The monoisotopic (exact) mass is 320 g/mol. The van der Waals surface area contributed by atoms with Gasteiger partial charge in [0.05, 0.1) is 22.8 Å². The van der Waals surface area contributed by atoms with E-state index in [-0.39, 0.29) is 17.8 Å². The lowest BCUT2D eigenvalue weighted by Gasteiger charge is -2.15. The van der Waals surface area contributed by atoms with E-state index in [2.05, 4.69) is 10.3 Å². The van der Waals surface area contributed by atoms with Gasteiger partial charge < -0.3 is 5.32 Å². The highest BCUT2D eigenvalue weighted by molar-refractivity contribution is 5.98. The van der Waals surface area contributed by atoms with Gasteiger partial charge in [0.15, 0.2) is 0 Å². The quantitative estimate of drug-likeness (QED) is 0.772. The van der Waals surface area contributed by atoms with E-state index in [0.717, 1.165) is 28.5 Å². The van der Waals surface area contributed by atoms with Crippen LogP contribution in [0.1, 0.15) is 39.6 Å². The summed E-state index contributed by atoms with van der Waals surface area (Å²) >= 11 is 0. The summed E-state index contributed by atoms with van der Waals surface area (Å²) in [6.45, 7) is 1.84. The molecule has 3 aromatic rings. The minimum Gasteiger partial charge on any atom is -0.345 e. The smallest absolute Gasteiger partial charge is 0.253 e. The highest BCUT2D eigenvalue weighted by Gasteiger charge is 2.27. The van der Waals surface area contributed by atoms with Crippen molar-refractivity contribution in [3.8, 4) is 0 Å². The summed E-state index contributed by atoms with van der Waals surface area (Å²) in [5.41, 5.74) is 3.74. The van der Waals surface area contributed by atoms with Crippen LogP contribution in [-0.4, -0.2) is 10.9 Å². The molecule has 0 aliphatic heterocycles. The zero-order valence-corrected chi connectivity index (χ0v) is 13.3. The van der Waals surface area contributed by atoms with Gasteiger partial charge in [0.25, 0.3) is 5.91 Å². The van der Waals surface area contributed by atoms with E-state index in [1.165, 1.54) is 6.07 Å². The molecule has 4 heteroatoms. The third kappa shape index (κ3) is 2.44. The zero-order valence-electron chi connectivity index (χ0n) is 13.3. The van der Waals surface area contributed by atoms with E-state index < -0.39 is 0 Å². The fourth-order valence-electron chi connectivity index (χ4n) is 3.44. The molecule has 1 aliphatic carbocycles. The number of carbonyl (C=O) groups is 1. The number of pyridine rings is 1. The molecule has 0 spiro atoms. The summed E-state index contributed by atoms with van der Waals surface area (Å²) < 4.78 is 13.8. The van der Waals surface area contributed by atoms with Gasteiger partial charge in [-0.15, -0.1) is 0 Å². The first kappa shape index (κ1) is 14.8. The molecule has 0 saturated heterocycles. The number of para-hydroxylation sites is 1. The molecular weight excluding hydrogens is 303 g/mol. The van der Waals surface area contributed by atoms with E-state index in [0.29, 0.717) is 17.7 Å². The number of nitrogens with zero attached hydrogens (tertiary/aromatic N) is 1. The number of amides is 1. The average Bonchev–Trinajstić information content (AvgIpc) is 2.98. The largest absolute Gasteiger partial charge is 0.345 e. The third-order valence-electron chi connectivity index (χ3n) is 4.68. The number of benzene rings is 2. The third-order valence-corrected chi connectivity index (χ3v) is 4.68. The first-order valence-corrected chi connectivity index (χ1v) is 8.08. The number of fused-ring (bicyclic) bond motifs is 2. The van der Waals surface area contributed by atoms with Gasteiger partial charge in [0, 0.05) is 5.39 Å². The number of hydrogen-bond donors (Lipinski definition) is 1. The van der Waals surface area contributed by atoms with Gasteiger partial charge >= 0.3 is 0 Å². The Hall–Kier alpha value is -2.75. The van der Waals surface area contributed by atoms with Gasteiger partial charge in [0.2, 0.25) is 0 Å². The molecule has 1 aromatic heterocycles. The van der Waals surface area contributed by atoms with Crippen LogP contribution in [0.5, 0.6) is 0 Å². The Morgan fingerprint density at radius 1 is 1.21 bits per heavy atom. The van der Waals surface area contributed by atoms with Crippen LogP contribution < -0.4 is 5.32 Å². The zero-order chi connectivity index (χ0) is 16.7. The SMILES string of the molecule is Cc1nc2ccccc2cc1C(=O)NC1CCc2c(F)cccc21. The minimum absolute atomic E-state index is 0.144. The van der Waals surface area contributed by atoms with Crippen LogP contribution in [0.4, 0.5) is 4.39 Å². The number of nitrogens with one attached hydrogen (secondary N) is 1. The Bertz CT molecular complexity index is 952. The van der Waals surface area contributed by atoms with Crippen LogP contribution in [0, 0.1) is 12.7 Å². The maximum Gasteiger partial charge on any atom is 0.253 e. The van der Waals surface area contributed by atoms with Crippen LogP contribution in [0.2, 0.25) is 0 Å². The Labute approximate surface area is 139 Å². The number of aromatic nitrogens is 1. The highest BCUT2D eigenvalue weighted by Crippen LogP contribution is 2.33. The van der Waals surface area contributed by atoms with Gasteiger partial charge in [-0.3, -0.25) is 9.78 Å². The summed E-state index contributed by atoms with van der Waals surface area (Å²) in [4.78, 5) is 17.2. The summed E-state index contributed by atoms with van der Waals surface area (Å²) in [7, 11) is 0. The lowest BCUT2D eigenvalue weighted by atomic mass is 10.1. The predicted octanol–water partition coefficient (Wildman–Crippen LogP) is 4.10. The van der Waals surface area contributed by atoms with Crippen molar-refractivity contribution in [2.75, 3.05) is 0 Å². The van der Waals surface area contributed by atoms with E-state index in [1.807, 2.05) is 43.3 Å². The van der Waals surface area contributed by atoms with Gasteiger partial charge in [-0.25, -0.2) is 4.39 Å². The van der Waals surface area contributed by atoms with Gasteiger partial charge in [-0.1, -0.05) is 30.3 Å². The number of rotatable bonds is 2. The summed E-state index contributed by atoms with van der Waals surface area (Å²) in [5, 5.41) is 3.97. The molecule has 1 unspecified atom stereocenters. The Morgan fingerprint density at radius 2 is 2.04 bits per heavy atom. The van der Waals surface area contributed by atoms with Gasteiger partial charge in [-0.2, -0.15) is 0 Å². The molecule has 0 bridgehead atoms. The van der Waals surface area contributed by atoms with Crippen molar-refractivity contribution >= 4 is 16.8 Å². The fraction of sp³-hybridized carbons (Fsp3) is 0.200. The molecule has 120 valence electrons. The number of halogens is 1. The van der Waals surface area contributed by atoms with Crippen molar-refractivity contribution in [3.05, 3.63) is 76.7 Å². The average molecular weight is 320 g/mol. The van der Waals surface area contributed by atoms with E-state index >= 15 is 0 Å². The number of hydrogen-bond acceptors (Lipinski definition) is 2. The van der Waals surface area contributed by atoms with Crippen LogP contribution in [0.25, 0.3) is 10.9 Å². The second kappa shape index (κ2) is 5.71. The highest BCUT2D eigenvalue weighted by atomic mass is 19.1. The molecule has 0 fully saturated rings. The molecule has 0 radical (unpaired) electrons. The van der Waals surface area contributed by atoms with Crippen LogP contribution in [0.15, 0.2) is 48.5 Å². The predicted molar refractivity (Wildman–Crippen MR) is 91.4 cm³/mol. The van der Waals surface area contributed by atoms with E-state index in [4.69, 9.17) is 0 Å². The maximum atomic E-state index is 13.8. The van der Waals surface area contributed by atoms with E-state index in [9.17, 15) is 9.18 Å². The van der Waals surface area contributed by atoms with Gasteiger partial charge in [-0.05, 0) is 49.1 Å². The number of carbonyl (C=O) groups excluding carboxylic acids is 1. The van der Waals surface area contributed by atoms with Crippen LogP contribution >= 0.6 is 0 Å². The molecule has 1 heterocycles. The summed E-state index contributed by atoms with van der Waals surface area (Å²) in [5.74, 6) is -0.347. The maximum absolute atomic E-state index is 13.8. The Morgan fingerprint density at radius 3 is 2.92 bits per heavy atom. The summed E-state index contributed by atoms with van der Waals surface area (Å²) in [6.07, 6.45) is 1.38. The first-order valence-electron chi connectivity index (χ1n) is 8.08. The standard InChI is InChI=1S/C20H17FN2O/c1-12-16(11-13-5-2-3-8-18(13)22-12)20(24)23-19-10-9-14-15(19)6-4-7-17(14)21/h2-8,11,19H,9-10H2,1H3,(H,23,24).